The average molecular weight is 246 g/mol. The summed E-state index contributed by atoms with van der Waals surface area (Å²) in [6.07, 6.45) is 2.29. The molecule has 0 bridgehead atoms. The van der Waals surface area contributed by atoms with E-state index in [2.05, 4.69) is 38.2 Å². The fraction of sp³-hybridized carbons (Fsp3) is 0.533. The zero-order chi connectivity index (χ0) is 13.3. The average Bonchev–Trinajstić information content (AvgIpc) is 3.08. The third-order valence-electron chi connectivity index (χ3n) is 3.37. The standard InChI is InChI=1S/C15H22N2O/c1-15(2,3)11-6-4-10(5-7-11)13(14(16)18)17-12-8-9-12/h4-7,12-13,17H,8-9H2,1-3H3,(H2,16,18). The molecule has 1 unspecified atom stereocenters. The smallest absolute Gasteiger partial charge is 0.239 e. The summed E-state index contributed by atoms with van der Waals surface area (Å²) in [6, 6.07) is 8.28. The van der Waals surface area contributed by atoms with Gasteiger partial charge in [0.2, 0.25) is 5.91 Å². The first kappa shape index (κ1) is 13.1. The summed E-state index contributed by atoms with van der Waals surface area (Å²) in [5, 5.41) is 3.29. The highest BCUT2D eigenvalue weighted by molar-refractivity contribution is 5.81. The number of nitrogens with one attached hydrogen (secondary N) is 1. The van der Waals surface area contributed by atoms with Crippen molar-refractivity contribution in [2.45, 2.75) is 51.1 Å². The molecule has 3 N–H and O–H groups in total. The maximum Gasteiger partial charge on any atom is 0.239 e. The molecular weight excluding hydrogens is 224 g/mol. The molecule has 1 amide bonds. The monoisotopic (exact) mass is 246 g/mol. The van der Waals surface area contributed by atoms with Gasteiger partial charge in [-0.3, -0.25) is 10.1 Å². The van der Waals surface area contributed by atoms with Crippen LogP contribution < -0.4 is 11.1 Å². The number of nitrogens with two attached hydrogens (primary N) is 1. The summed E-state index contributed by atoms with van der Waals surface area (Å²) in [5.41, 5.74) is 7.82. The van der Waals surface area contributed by atoms with E-state index in [4.69, 9.17) is 5.73 Å². The van der Waals surface area contributed by atoms with Gasteiger partial charge in [-0.15, -0.1) is 0 Å². The van der Waals surface area contributed by atoms with Crippen LogP contribution in [0.3, 0.4) is 0 Å². The lowest BCUT2D eigenvalue weighted by molar-refractivity contribution is -0.120. The summed E-state index contributed by atoms with van der Waals surface area (Å²) >= 11 is 0. The number of benzene rings is 1. The SMILES string of the molecule is CC(C)(C)c1ccc(C(NC2CC2)C(N)=O)cc1. The highest BCUT2D eigenvalue weighted by Gasteiger charge is 2.28. The molecule has 0 heterocycles. The minimum atomic E-state index is -0.355. The molecule has 18 heavy (non-hydrogen) atoms. The summed E-state index contributed by atoms with van der Waals surface area (Å²) in [6.45, 7) is 6.53. The number of amides is 1. The normalized spacial score (nSPS) is 17.5. The van der Waals surface area contributed by atoms with Gasteiger partial charge in [0.05, 0.1) is 0 Å². The van der Waals surface area contributed by atoms with Crippen LogP contribution in [0.1, 0.15) is 50.8 Å². The molecule has 1 aromatic rings. The molecule has 1 aliphatic carbocycles. The molecule has 0 aromatic heterocycles. The number of carbonyl (C=O) groups excluding carboxylic acids is 1. The van der Waals surface area contributed by atoms with E-state index >= 15 is 0 Å². The Bertz CT molecular complexity index is 427. The van der Waals surface area contributed by atoms with Crippen molar-refractivity contribution in [1.82, 2.24) is 5.32 Å². The van der Waals surface area contributed by atoms with Crippen molar-refractivity contribution in [3.8, 4) is 0 Å². The molecule has 3 nitrogen and oxygen atoms in total. The van der Waals surface area contributed by atoms with E-state index in [-0.39, 0.29) is 17.4 Å². The second-order valence-electron chi connectivity index (χ2n) is 6.15. The van der Waals surface area contributed by atoms with Gasteiger partial charge >= 0.3 is 0 Å². The Labute approximate surface area is 109 Å². The van der Waals surface area contributed by atoms with E-state index in [0.29, 0.717) is 6.04 Å². The zero-order valence-corrected chi connectivity index (χ0v) is 11.4. The first-order valence-corrected chi connectivity index (χ1v) is 6.54. The number of rotatable bonds is 4. The Hall–Kier alpha value is -1.35. The van der Waals surface area contributed by atoms with E-state index < -0.39 is 0 Å². The Morgan fingerprint density at radius 1 is 1.28 bits per heavy atom. The zero-order valence-electron chi connectivity index (χ0n) is 11.4. The maximum atomic E-state index is 11.5. The Balaban J connectivity index is 2.17. The van der Waals surface area contributed by atoms with Crippen LogP contribution in [0.15, 0.2) is 24.3 Å². The third kappa shape index (κ3) is 3.10. The molecule has 1 aromatic carbocycles. The van der Waals surface area contributed by atoms with Gasteiger partial charge in [-0.25, -0.2) is 0 Å². The summed E-state index contributed by atoms with van der Waals surface area (Å²) < 4.78 is 0. The maximum absolute atomic E-state index is 11.5. The lowest BCUT2D eigenvalue weighted by Crippen LogP contribution is -2.34. The molecule has 0 saturated heterocycles. The number of primary amides is 1. The highest BCUT2D eigenvalue weighted by Crippen LogP contribution is 2.26. The van der Waals surface area contributed by atoms with Crippen LogP contribution in [0.2, 0.25) is 0 Å². The second kappa shape index (κ2) is 4.73. The van der Waals surface area contributed by atoms with Gasteiger partial charge in [-0.1, -0.05) is 45.0 Å². The van der Waals surface area contributed by atoms with Crippen molar-refractivity contribution >= 4 is 5.91 Å². The summed E-state index contributed by atoms with van der Waals surface area (Å²) in [7, 11) is 0. The van der Waals surface area contributed by atoms with Crippen molar-refractivity contribution in [2.24, 2.45) is 5.73 Å². The molecule has 1 atom stereocenters. The first-order valence-electron chi connectivity index (χ1n) is 6.54. The van der Waals surface area contributed by atoms with E-state index in [1.807, 2.05) is 12.1 Å². The van der Waals surface area contributed by atoms with Gasteiger partial charge in [-0.2, -0.15) is 0 Å². The molecule has 1 aliphatic rings. The number of hydrogen-bond acceptors (Lipinski definition) is 2. The van der Waals surface area contributed by atoms with E-state index in [9.17, 15) is 4.79 Å². The van der Waals surface area contributed by atoms with Gasteiger partial charge in [0.1, 0.15) is 6.04 Å². The van der Waals surface area contributed by atoms with Crippen LogP contribution in [0.4, 0.5) is 0 Å². The van der Waals surface area contributed by atoms with Crippen molar-refractivity contribution in [2.75, 3.05) is 0 Å². The topological polar surface area (TPSA) is 55.1 Å². The fourth-order valence-corrected chi connectivity index (χ4v) is 2.00. The Morgan fingerprint density at radius 3 is 2.22 bits per heavy atom. The van der Waals surface area contributed by atoms with Gasteiger partial charge in [0.15, 0.2) is 0 Å². The molecule has 2 rings (SSSR count). The quantitative estimate of drug-likeness (QED) is 0.856. The highest BCUT2D eigenvalue weighted by atomic mass is 16.1. The summed E-state index contributed by atoms with van der Waals surface area (Å²) in [5.74, 6) is -0.301. The molecule has 1 fully saturated rings. The van der Waals surface area contributed by atoms with Crippen LogP contribution in [0.25, 0.3) is 0 Å². The molecule has 0 radical (unpaired) electrons. The van der Waals surface area contributed by atoms with Gasteiger partial charge in [0, 0.05) is 6.04 Å². The van der Waals surface area contributed by atoms with Crippen molar-refractivity contribution in [1.29, 1.82) is 0 Å². The molecule has 1 saturated carbocycles. The van der Waals surface area contributed by atoms with Gasteiger partial charge in [-0.05, 0) is 29.4 Å². The van der Waals surface area contributed by atoms with Gasteiger partial charge in [0.25, 0.3) is 0 Å². The minimum absolute atomic E-state index is 0.130. The van der Waals surface area contributed by atoms with E-state index in [0.717, 1.165) is 18.4 Å². The molecule has 3 heteroatoms. The van der Waals surface area contributed by atoms with Crippen molar-refractivity contribution < 1.29 is 4.79 Å². The predicted octanol–water partition coefficient (Wildman–Crippen LogP) is 2.26. The minimum Gasteiger partial charge on any atom is -0.368 e. The van der Waals surface area contributed by atoms with E-state index in [1.165, 1.54) is 5.56 Å². The second-order valence-corrected chi connectivity index (χ2v) is 6.15. The molecule has 0 aliphatic heterocycles. The van der Waals surface area contributed by atoms with Crippen molar-refractivity contribution in [3.05, 3.63) is 35.4 Å². The number of hydrogen-bond donors (Lipinski definition) is 2. The van der Waals surface area contributed by atoms with Crippen molar-refractivity contribution in [3.63, 3.8) is 0 Å². The fourth-order valence-electron chi connectivity index (χ4n) is 2.00. The van der Waals surface area contributed by atoms with Crippen LogP contribution in [0.5, 0.6) is 0 Å². The van der Waals surface area contributed by atoms with Gasteiger partial charge < -0.3 is 5.73 Å². The lowest BCUT2D eigenvalue weighted by atomic mass is 9.86. The largest absolute Gasteiger partial charge is 0.368 e. The van der Waals surface area contributed by atoms with Crippen LogP contribution >= 0.6 is 0 Å². The Morgan fingerprint density at radius 2 is 1.83 bits per heavy atom. The predicted molar refractivity (Wildman–Crippen MR) is 73.2 cm³/mol. The van der Waals surface area contributed by atoms with Crippen LogP contribution in [-0.2, 0) is 10.2 Å². The summed E-state index contributed by atoms with van der Waals surface area (Å²) in [4.78, 5) is 11.5. The first-order chi connectivity index (χ1) is 8.38. The number of carbonyl (C=O) groups is 1. The van der Waals surface area contributed by atoms with E-state index in [1.54, 1.807) is 0 Å². The Kier molecular flexibility index (Phi) is 3.44. The molecule has 0 spiro atoms. The molecule has 98 valence electrons. The van der Waals surface area contributed by atoms with Crippen LogP contribution in [0, 0.1) is 0 Å². The third-order valence-corrected chi connectivity index (χ3v) is 3.37. The molecular formula is C15H22N2O. The lowest BCUT2D eigenvalue weighted by Gasteiger charge is -2.21. The van der Waals surface area contributed by atoms with Crippen LogP contribution in [-0.4, -0.2) is 11.9 Å².